The zero-order valence-electron chi connectivity index (χ0n) is 14.1. The second kappa shape index (κ2) is 7.04. The van der Waals surface area contributed by atoms with Gasteiger partial charge in [-0.3, -0.25) is 14.4 Å². The Hall–Kier alpha value is -2.08. The zero-order chi connectivity index (χ0) is 18.1. The van der Waals surface area contributed by atoms with Crippen molar-refractivity contribution in [3.05, 3.63) is 28.8 Å². The van der Waals surface area contributed by atoms with Crippen LogP contribution >= 0.6 is 11.6 Å². The Bertz CT molecular complexity index is 721. The van der Waals surface area contributed by atoms with Gasteiger partial charge in [0.25, 0.3) is 0 Å². The number of aryl methyl sites for hydroxylation is 1. The van der Waals surface area contributed by atoms with Crippen LogP contribution in [0.4, 0.5) is 5.69 Å². The molecule has 25 heavy (non-hydrogen) atoms. The van der Waals surface area contributed by atoms with E-state index in [1.165, 1.54) is 0 Å². The van der Waals surface area contributed by atoms with Crippen molar-refractivity contribution in [2.24, 2.45) is 11.8 Å². The highest BCUT2D eigenvalue weighted by atomic mass is 35.5. The van der Waals surface area contributed by atoms with Crippen LogP contribution in [0.2, 0.25) is 5.02 Å². The minimum Gasteiger partial charge on any atom is -0.481 e. The van der Waals surface area contributed by atoms with E-state index < -0.39 is 17.8 Å². The number of carbonyl (C=O) groups excluding carboxylic acids is 2. The van der Waals surface area contributed by atoms with E-state index in [0.29, 0.717) is 36.6 Å². The van der Waals surface area contributed by atoms with Crippen LogP contribution in [-0.4, -0.2) is 47.4 Å². The van der Waals surface area contributed by atoms with Crippen LogP contribution in [0.3, 0.4) is 0 Å². The van der Waals surface area contributed by atoms with Crippen molar-refractivity contribution in [2.75, 3.05) is 24.5 Å². The van der Waals surface area contributed by atoms with Gasteiger partial charge < -0.3 is 14.9 Å². The summed E-state index contributed by atoms with van der Waals surface area (Å²) in [4.78, 5) is 39.5. The molecule has 3 rings (SSSR count). The maximum atomic E-state index is 12.7. The maximum Gasteiger partial charge on any atom is 0.308 e. The van der Waals surface area contributed by atoms with Crippen LogP contribution in [0.5, 0.6) is 0 Å². The van der Waals surface area contributed by atoms with E-state index in [2.05, 4.69) is 0 Å². The Kier molecular flexibility index (Phi) is 4.99. The first kappa shape index (κ1) is 17.7. The largest absolute Gasteiger partial charge is 0.481 e. The van der Waals surface area contributed by atoms with Gasteiger partial charge in [-0.25, -0.2) is 0 Å². The summed E-state index contributed by atoms with van der Waals surface area (Å²) in [6.45, 7) is 2.99. The quantitative estimate of drug-likeness (QED) is 0.892. The van der Waals surface area contributed by atoms with Crippen molar-refractivity contribution < 1.29 is 19.5 Å². The fourth-order valence-corrected chi connectivity index (χ4v) is 3.68. The first-order chi connectivity index (χ1) is 11.9. The Morgan fingerprint density at radius 1 is 1.24 bits per heavy atom. The molecule has 0 saturated carbocycles. The van der Waals surface area contributed by atoms with Crippen molar-refractivity contribution >= 4 is 35.1 Å². The number of hydrogen-bond donors (Lipinski definition) is 1. The van der Waals surface area contributed by atoms with Crippen LogP contribution < -0.4 is 4.90 Å². The van der Waals surface area contributed by atoms with Crippen LogP contribution in [-0.2, 0) is 14.4 Å². The number of carboxylic acid groups (broad SMARTS) is 1. The molecule has 2 saturated heterocycles. The van der Waals surface area contributed by atoms with Gasteiger partial charge in [0.1, 0.15) is 0 Å². The molecule has 1 N–H and O–H groups in total. The lowest BCUT2D eigenvalue weighted by molar-refractivity contribution is -0.146. The third-order valence-electron chi connectivity index (χ3n) is 5.02. The van der Waals surface area contributed by atoms with Gasteiger partial charge in [0, 0.05) is 36.8 Å². The summed E-state index contributed by atoms with van der Waals surface area (Å²) in [6, 6.07) is 5.42. The van der Waals surface area contributed by atoms with Crippen molar-refractivity contribution in [1.29, 1.82) is 0 Å². The molecule has 0 aromatic heterocycles. The fraction of sp³-hybridized carbons (Fsp3) is 0.500. The molecule has 0 spiro atoms. The normalized spacial score (nSPS) is 23.8. The van der Waals surface area contributed by atoms with Gasteiger partial charge in [0.2, 0.25) is 11.8 Å². The smallest absolute Gasteiger partial charge is 0.308 e. The molecule has 2 aliphatic heterocycles. The molecule has 2 heterocycles. The first-order valence-electron chi connectivity index (χ1n) is 8.45. The molecule has 2 atom stereocenters. The molecule has 2 aliphatic rings. The Morgan fingerprint density at radius 3 is 2.68 bits per heavy atom. The first-order valence-corrected chi connectivity index (χ1v) is 8.82. The number of halogens is 1. The average Bonchev–Trinajstić information content (AvgIpc) is 2.98. The highest BCUT2D eigenvalue weighted by Gasteiger charge is 2.39. The molecular weight excluding hydrogens is 344 g/mol. The minimum atomic E-state index is -0.865. The molecule has 2 fully saturated rings. The molecule has 1 aromatic rings. The zero-order valence-corrected chi connectivity index (χ0v) is 14.8. The number of piperidine rings is 1. The second-order valence-electron chi connectivity index (χ2n) is 6.80. The van der Waals surface area contributed by atoms with Gasteiger partial charge >= 0.3 is 5.97 Å². The summed E-state index contributed by atoms with van der Waals surface area (Å²) in [5.41, 5.74) is 1.62. The van der Waals surface area contributed by atoms with Crippen LogP contribution in [0.25, 0.3) is 0 Å². The number of hydrogen-bond acceptors (Lipinski definition) is 3. The lowest BCUT2D eigenvalue weighted by atomic mass is 9.96. The summed E-state index contributed by atoms with van der Waals surface area (Å²) in [7, 11) is 0. The molecule has 7 heteroatoms. The summed E-state index contributed by atoms with van der Waals surface area (Å²) in [5, 5.41) is 9.76. The molecule has 2 amide bonds. The van der Waals surface area contributed by atoms with E-state index in [9.17, 15) is 19.5 Å². The Morgan fingerprint density at radius 2 is 2.00 bits per heavy atom. The van der Waals surface area contributed by atoms with Gasteiger partial charge in [-0.15, -0.1) is 0 Å². The van der Waals surface area contributed by atoms with Gasteiger partial charge in [0.15, 0.2) is 0 Å². The van der Waals surface area contributed by atoms with Gasteiger partial charge in [-0.05, 0) is 37.5 Å². The van der Waals surface area contributed by atoms with Crippen molar-refractivity contribution in [3.8, 4) is 0 Å². The van der Waals surface area contributed by atoms with E-state index >= 15 is 0 Å². The Labute approximate surface area is 151 Å². The molecule has 0 radical (unpaired) electrons. The highest BCUT2D eigenvalue weighted by molar-refractivity contribution is 6.31. The summed E-state index contributed by atoms with van der Waals surface area (Å²) in [6.07, 6.45) is 1.43. The number of amides is 2. The van der Waals surface area contributed by atoms with Gasteiger partial charge in [-0.2, -0.15) is 0 Å². The summed E-state index contributed by atoms with van der Waals surface area (Å²) in [5.74, 6) is -2.04. The highest BCUT2D eigenvalue weighted by Crippen LogP contribution is 2.30. The van der Waals surface area contributed by atoms with E-state index in [0.717, 1.165) is 5.56 Å². The molecular formula is C18H21ClN2O4. The summed E-state index contributed by atoms with van der Waals surface area (Å²) < 4.78 is 0. The van der Waals surface area contributed by atoms with Crippen molar-refractivity contribution in [3.63, 3.8) is 0 Å². The summed E-state index contributed by atoms with van der Waals surface area (Å²) >= 11 is 6.14. The number of aliphatic carboxylic acids is 1. The number of rotatable bonds is 3. The minimum absolute atomic E-state index is 0.106. The number of benzene rings is 1. The van der Waals surface area contributed by atoms with Crippen molar-refractivity contribution in [1.82, 2.24) is 4.90 Å². The van der Waals surface area contributed by atoms with Crippen LogP contribution in [0.1, 0.15) is 24.8 Å². The van der Waals surface area contributed by atoms with E-state index in [4.69, 9.17) is 11.6 Å². The average molecular weight is 365 g/mol. The topological polar surface area (TPSA) is 77.9 Å². The third kappa shape index (κ3) is 3.63. The standard InChI is InChI=1S/C18H21ClN2O4/c1-11-4-5-14(8-15(11)19)21-10-13(7-16(21)22)17(23)20-6-2-3-12(9-20)18(24)25/h4-5,8,12-13H,2-3,6-7,9-10H2,1H3,(H,24,25)/t12-,13+/m1/s1. The SMILES string of the molecule is Cc1ccc(N2C[C@@H](C(=O)N3CCC[C@@H](C(=O)O)C3)CC2=O)cc1Cl. The van der Waals surface area contributed by atoms with Crippen molar-refractivity contribution in [2.45, 2.75) is 26.2 Å². The van der Waals surface area contributed by atoms with Gasteiger partial charge in [0.05, 0.1) is 11.8 Å². The number of anilines is 1. The molecule has 134 valence electrons. The van der Waals surface area contributed by atoms with E-state index in [1.807, 2.05) is 19.1 Å². The molecule has 1 aromatic carbocycles. The predicted octanol–water partition coefficient (Wildman–Crippen LogP) is 2.32. The lowest BCUT2D eigenvalue weighted by Gasteiger charge is -2.32. The molecule has 6 nitrogen and oxygen atoms in total. The third-order valence-corrected chi connectivity index (χ3v) is 5.43. The molecule has 0 bridgehead atoms. The van der Waals surface area contributed by atoms with E-state index in [1.54, 1.807) is 15.9 Å². The second-order valence-corrected chi connectivity index (χ2v) is 7.21. The predicted molar refractivity (Wildman–Crippen MR) is 93.6 cm³/mol. The fourth-order valence-electron chi connectivity index (χ4n) is 3.51. The monoisotopic (exact) mass is 364 g/mol. The number of nitrogens with zero attached hydrogens (tertiary/aromatic N) is 2. The lowest BCUT2D eigenvalue weighted by Crippen LogP contribution is -2.45. The Balaban J connectivity index is 1.70. The number of likely N-dealkylation sites (tertiary alicyclic amines) is 1. The van der Waals surface area contributed by atoms with Crippen LogP contribution in [0.15, 0.2) is 18.2 Å². The van der Waals surface area contributed by atoms with Crippen LogP contribution in [0, 0.1) is 18.8 Å². The molecule has 0 unspecified atom stereocenters. The number of carboxylic acids is 1. The van der Waals surface area contributed by atoms with Gasteiger partial charge in [-0.1, -0.05) is 17.7 Å². The van der Waals surface area contributed by atoms with E-state index in [-0.39, 0.29) is 24.8 Å². The number of carbonyl (C=O) groups is 3. The molecule has 0 aliphatic carbocycles. The maximum absolute atomic E-state index is 12.7.